The number of benzene rings is 1. The highest BCUT2D eigenvalue weighted by Gasteiger charge is 2.34. The molecule has 0 N–H and O–H groups in total. The molecule has 3 aromatic rings. The quantitative estimate of drug-likeness (QED) is 0.668. The van der Waals surface area contributed by atoms with Gasteiger partial charge in [0.25, 0.3) is 0 Å². The Morgan fingerprint density at radius 3 is 2.32 bits per heavy atom. The number of rotatable bonds is 3. The van der Waals surface area contributed by atoms with Gasteiger partial charge in [0.15, 0.2) is 16.4 Å². The number of aromatic nitrogens is 2. The van der Waals surface area contributed by atoms with E-state index in [4.69, 9.17) is 0 Å². The first kappa shape index (κ1) is 18.3. The number of piperazine rings is 1. The molecule has 1 aliphatic heterocycles. The molecule has 10 heteroatoms. The number of imidazole rings is 1. The van der Waals surface area contributed by atoms with Crippen LogP contribution in [0.3, 0.4) is 0 Å². The van der Waals surface area contributed by atoms with Gasteiger partial charge in [-0.2, -0.15) is 9.57 Å². The molecular weight excluding hydrogens is 388 g/mol. The normalized spacial score (nSPS) is 15.7. The summed E-state index contributed by atoms with van der Waals surface area (Å²) in [4.78, 5) is 5.32. The predicted octanol–water partition coefficient (Wildman–Crippen LogP) is 2.00. The number of pyridine rings is 1. The Morgan fingerprint density at radius 2 is 1.68 bits per heavy atom. The van der Waals surface area contributed by atoms with Crippen molar-refractivity contribution in [3.8, 4) is 6.07 Å². The predicted molar refractivity (Wildman–Crippen MR) is 97.2 cm³/mol. The molecule has 4 rings (SSSR count). The van der Waals surface area contributed by atoms with Crippen LogP contribution < -0.4 is 4.90 Å². The van der Waals surface area contributed by atoms with Crippen LogP contribution >= 0.6 is 0 Å². The zero-order valence-electron chi connectivity index (χ0n) is 14.6. The van der Waals surface area contributed by atoms with E-state index in [1.54, 1.807) is 33.7 Å². The topological polar surface area (TPSA) is 81.7 Å². The van der Waals surface area contributed by atoms with Gasteiger partial charge in [0.05, 0.1) is 0 Å². The molecular formula is C18H15F2N5O2S. The Morgan fingerprint density at radius 1 is 1.00 bits per heavy atom. The van der Waals surface area contributed by atoms with Crippen molar-refractivity contribution in [3.05, 3.63) is 59.9 Å². The highest BCUT2D eigenvalue weighted by molar-refractivity contribution is 7.89. The average molecular weight is 403 g/mol. The van der Waals surface area contributed by atoms with E-state index in [-0.39, 0.29) is 26.2 Å². The van der Waals surface area contributed by atoms with Crippen LogP contribution in [0.15, 0.2) is 47.5 Å². The van der Waals surface area contributed by atoms with Crippen molar-refractivity contribution in [2.75, 3.05) is 31.1 Å². The number of hydrogen-bond donors (Lipinski definition) is 0. The minimum Gasteiger partial charge on any atom is -0.352 e. The van der Waals surface area contributed by atoms with E-state index in [9.17, 15) is 22.5 Å². The van der Waals surface area contributed by atoms with Crippen molar-refractivity contribution >= 4 is 21.5 Å². The molecule has 0 atom stereocenters. The summed E-state index contributed by atoms with van der Waals surface area (Å²) in [5.41, 5.74) is 0.963. The molecule has 0 bridgehead atoms. The fourth-order valence-corrected chi connectivity index (χ4v) is 4.84. The first-order valence-corrected chi connectivity index (χ1v) is 9.94. The molecule has 1 fully saturated rings. The van der Waals surface area contributed by atoms with Crippen LogP contribution in [0.1, 0.15) is 5.69 Å². The number of halogens is 2. The molecule has 3 heterocycles. The Bertz CT molecular complexity index is 1170. The second kappa shape index (κ2) is 6.85. The maximum Gasteiger partial charge on any atom is 0.249 e. The Hall–Kier alpha value is -3.03. The summed E-state index contributed by atoms with van der Waals surface area (Å²) in [5.74, 6) is -1.77. The standard InChI is InChI=1S/C18H15F2N5O2S/c19-13-4-3-5-14(20)17(13)28(26,27)24-10-8-23(9-11-24)18-15(12-21)25-7-2-1-6-16(25)22-18/h1-7H,8-11H2. The molecule has 28 heavy (non-hydrogen) atoms. The fraction of sp³-hybridized carbons (Fsp3) is 0.222. The number of sulfonamides is 1. The maximum atomic E-state index is 14.0. The third kappa shape index (κ3) is 2.89. The highest BCUT2D eigenvalue weighted by atomic mass is 32.2. The van der Waals surface area contributed by atoms with Gasteiger partial charge >= 0.3 is 0 Å². The van der Waals surface area contributed by atoms with Crippen molar-refractivity contribution in [2.45, 2.75) is 4.90 Å². The van der Waals surface area contributed by atoms with Gasteiger partial charge in [-0.25, -0.2) is 22.2 Å². The van der Waals surface area contributed by atoms with Gasteiger partial charge in [-0.05, 0) is 24.3 Å². The van der Waals surface area contributed by atoms with Crippen LogP contribution in [0.2, 0.25) is 0 Å². The molecule has 2 aromatic heterocycles. The molecule has 0 aliphatic carbocycles. The third-order valence-corrected chi connectivity index (χ3v) is 6.62. The molecule has 1 aliphatic rings. The van der Waals surface area contributed by atoms with Crippen molar-refractivity contribution in [1.82, 2.24) is 13.7 Å². The zero-order valence-corrected chi connectivity index (χ0v) is 15.4. The molecule has 1 saturated heterocycles. The van der Waals surface area contributed by atoms with Gasteiger partial charge < -0.3 is 4.90 Å². The number of anilines is 1. The van der Waals surface area contributed by atoms with Crippen LogP contribution in [-0.4, -0.2) is 48.3 Å². The first-order chi connectivity index (χ1) is 13.4. The van der Waals surface area contributed by atoms with E-state index in [1.165, 1.54) is 0 Å². The molecule has 0 unspecified atom stereocenters. The van der Waals surface area contributed by atoms with E-state index < -0.39 is 26.6 Å². The summed E-state index contributed by atoms with van der Waals surface area (Å²) >= 11 is 0. The van der Waals surface area contributed by atoms with Gasteiger partial charge in [0.2, 0.25) is 10.0 Å². The zero-order chi connectivity index (χ0) is 19.9. The second-order valence-electron chi connectivity index (χ2n) is 6.27. The van der Waals surface area contributed by atoms with Crippen molar-refractivity contribution in [3.63, 3.8) is 0 Å². The second-order valence-corrected chi connectivity index (χ2v) is 8.14. The molecule has 0 spiro atoms. The Kier molecular flexibility index (Phi) is 4.49. The van der Waals surface area contributed by atoms with E-state index in [0.29, 0.717) is 17.2 Å². The van der Waals surface area contributed by atoms with Gasteiger partial charge in [0, 0.05) is 32.4 Å². The van der Waals surface area contributed by atoms with Crippen LogP contribution in [0, 0.1) is 23.0 Å². The van der Waals surface area contributed by atoms with Gasteiger partial charge in [-0.3, -0.25) is 4.40 Å². The lowest BCUT2D eigenvalue weighted by molar-refractivity contribution is 0.377. The maximum absolute atomic E-state index is 14.0. The van der Waals surface area contributed by atoms with Gasteiger partial charge in [-0.1, -0.05) is 12.1 Å². The summed E-state index contributed by atoms with van der Waals surface area (Å²) in [7, 11) is -4.30. The van der Waals surface area contributed by atoms with Crippen LogP contribution in [-0.2, 0) is 10.0 Å². The lowest BCUT2D eigenvalue weighted by Gasteiger charge is -2.34. The molecule has 0 saturated carbocycles. The summed E-state index contributed by atoms with van der Waals surface area (Å²) in [6.07, 6.45) is 1.73. The number of fused-ring (bicyclic) bond motifs is 1. The number of nitrogens with zero attached hydrogens (tertiary/aromatic N) is 5. The smallest absolute Gasteiger partial charge is 0.249 e. The van der Waals surface area contributed by atoms with Gasteiger partial charge in [0.1, 0.15) is 23.4 Å². The first-order valence-electron chi connectivity index (χ1n) is 8.50. The Balaban J connectivity index is 1.60. The summed E-state index contributed by atoms with van der Waals surface area (Å²) in [6.45, 7) is 0.533. The molecule has 1 aromatic carbocycles. The van der Waals surface area contributed by atoms with E-state index in [0.717, 1.165) is 22.5 Å². The molecule has 144 valence electrons. The SMILES string of the molecule is N#Cc1c(N2CCN(S(=O)(=O)c3c(F)cccc3F)CC2)nc2ccccn12. The fourth-order valence-electron chi connectivity index (χ4n) is 3.31. The molecule has 0 radical (unpaired) electrons. The van der Waals surface area contributed by atoms with Crippen LogP contribution in [0.4, 0.5) is 14.6 Å². The third-order valence-electron chi connectivity index (χ3n) is 4.67. The lowest BCUT2D eigenvalue weighted by Crippen LogP contribution is -2.49. The summed E-state index contributed by atoms with van der Waals surface area (Å²) < 4.78 is 56.0. The van der Waals surface area contributed by atoms with E-state index in [1.807, 2.05) is 0 Å². The number of nitriles is 1. The average Bonchev–Trinajstić information content (AvgIpc) is 3.06. The van der Waals surface area contributed by atoms with Crippen molar-refractivity contribution in [1.29, 1.82) is 5.26 Å². The van der Waals surface area contributed by atoms with Crippen LogP contribution in [0.5, 0.6) is 0 Å². The van der Waals surface area contributed by atoms with E-state index in [2.05, 4.69) is 11.1 Å². The molecule has 0 amide bonds. The lowest BCUT2D eigenvalue weighted by atomic mass is 10.3. The highest BCUT2D eigenvalue weighted by Crippen LogP contribution is 2.26. The van der Waals surface area contributed by atoms with Crippen molar-refractivity contribution in [2.24, 2.45) is 0 Å². The monoisotopic (exact) mass is 403 g/mol. The minimum absolute atomic E-state index is 0.0227. The van der Waals surface area contributed by atoms with E-state index >= 15 is 0 Å². The number of hydrogen-bond acceptors (Lipinski definition) is 5. The van der Waals surface area contributed by atoms with Crippen molar-refractivity contribution < 1.29 is 17.2 Å². The van der Waals surface area contributed by atoms with Gasteiger partial charge in [-0.15, -0.1) is 0 Å². The Labute approximate surface area is 160 Å². The van der Waals surface area contributed by atoms with Crippen LogP contribution in [0.25, 0.3) is 5.65 Å². The summed E-state index contributed by atoms with van der Waals surface area (Å²) in [6, 6.07) is 10.4. The summed E-state index contributed by atoms with van der Waals surface area (Å²) in [5, 5.41) is 9.50. The molecule has 7 nitrogen and oxygen atoms in total. The largest absolute Gasteiger partial charge is 0.352 e. The minimum atomic E-state index is -4.30.